The van der Waals surface area contributed by atoms with E-state index in [1.54, 1.807) is 0 Å². The predicted molar refractivity (Wildman–Crippen MR) is 69.8 cm³/mol. The Bertz CT molecular complexity index is 619. The molecule has 1 aliphatic heterocycles. The van der Waals surface area contributed by atoms with Gasteiger partial charge in [0.25, 0.3) is 0 Å². The lowest BCUT2D eigenvalue weighted by atomic mass is 10.0. The molecule has 2 heterocycles. The van der Waals surface area contributed by atoms with Crippen molar-refractivity contribution in [3.8, 4) is 6.07 Å². The fourth-order valence-corrected chi connectivity index (χ4v) is 4.09. The molecule has 0 bridgehead atoms. The Balaban J connectivity index is 2.51. The number of aromatic nitrogens is 1. The molecule has 0 unspecified atom stereocenters. The quantitative estimate of drug-likeness (QED) is 0.843. The zero-order valence-electron chi connectivity index (χ0n) is 10.9. The summed E-state index contributed by atoms with van der Waals surface area (Å²) < 4.78 is 26.8. The predicted octanol–water partition coefficient (Wildman–Crippen LogP) is 0.326. The summed E-state index contributed by atoms with van der Waals surface area (Å²) in [6, 6.07) is 4.80. The molecule has 0 aliphatic carbocycles. The van der Waals surface area contributed by atoms with E-state index in [2.05, 4.69) is 10.3 Å². The third-order valence-corrected chi connectivity index (χ3v) is 5.31. The maximum atomic E-state index is 12.7. The van der Waals surface area contributed by atoms with E-state index < -0.39 is 15.6 Å². The number of nitrogens with one attached hydrogen (secondary N) is 1. The first-order chi connectivity index (χ1) is 8.89. The Morgan fingerprint density at radius 1 is 1.53 bits per heavy atom. The van der Waals surface area contributed by atoms with Gasteiger partial charge in [-0.3, -0.25) is 0 Å². The molecule has 0 atom stereocenters. The van der Waals surface area contributed by atoms with Gasteiger partial charge in [0.15, 0.2) is 5.69 Å². The van der Waals surface area contributed by atoms with Crippen molar-refractivity contribution in [1.29, 1.82) is 5.26 Å². The van der Waals surface area contributed by atoms with Gasteiger partial charge in [-0.1, -0.05) is 0 Å². The van der Waals surface area contributed by atoms with Gasteiger partial charge in [0, 0.05) is 31.4 Å². The molecule has 0 radical (unpaired) electrons. The SMILES string of the molecule is CC1(C)CNCCN1S(=O)(=O)c1cccnc1C#N. The van der Waals surface area contributed by atoms with Gasteiger partial charge in [0.1, 0.15) is 11.0 Å². The second-order valence-corrected chi connectivity index (χ2v) is 6.86. The van der Waals surface area contributed by atoms with Crippen LogP contribution in [-0.4, -0.2) is 42.9 Å². The Morgan fingerprint density at radius 2 is 2.26 bits per heavy atom. The van der Waals surface area contributed by atoms with Crippen LogP contribution in [0.5, 0.6) is 0 Å². The molecule has 0 saturated carbocycles. The van der Waals surface area contributed by atoms with Crippen molar-refractivity contribution < 1.29 is 8.42 Å². The van der Waals surface area contributed by atoms with Crippen LogP contribution in [0.2, 0.25) is 0 Å². The lowest BCUT2D eigenvalue weighted by Crippen LogP contribution is -2.59. The summed E-state index contributed by atoms with van der Waals surface area (Å²) in [7, 11) is -3.70. The molecule has 1 saturated heterocycles. The van der Waals surface area contributed by atoms with Crippen LogP contribution in [0.3, 0.4) is 0 Å². The fraction of sp³-hybridized carbons (Fsp3) is 0.500. The van der Waals surface area contributed by atoms with Crippen molar-refractivity contribution in [2.45, 2.75) is 24.3 Å². The topological polar surface area (TPSA) is 86.1 Å². The van der Waals surface area contributed by atoms with Crippen LogP contribution in [0.1, 0.15) is 19.5 Å². The summed E-state index contributed by atoms with van der Waals surface area (Å²) in [5.74, 6) is 0. The number of hydrogen-bond acceptors (Lipinski definition) is 5. The second-order valence-electron chi connectivity index (χ2n) is 5.03. The van der Waals surface area contributed by atoms with E-state index in [0.717, 1.165) is 0 Å². The number of nitriles is 1. The van der Waals surface area contributed by atoms with Gasteiger partial charge >= 0.3 is 0 Å². The molecule has 0 spiro atoms. The van der Waals surface area contributed by atoms with Gasteiger partial charge < -0.3 is 5.32 Å². The molecular weight excluding hydrogens is 264 g/mol. The average Bonchev–Trinajstić information content (AvgIpc) is 2.37. The van der Waals surface area contributed by atoms with Crippen molar-refractivity contribution in [3.05, 3.63) is 24.0 Å². The van der Waals surface area contributed by atoms with Gasteiger partial charge in [-0.2, -0.15) is 9.57 Å². The average molecular weight is 280 g/mol. The minimum absolute atomic E-state index is 0.0209. The molecule has 19 heavy (non-hydrogen) atoms. The third-order valence-electron chi connectivity index (χ3n) is 3.17. The third kappa shape index (κ3) is 2.47. The first-order valence-corrected chi connectivity index (χ1v) is 7.42. The highest BCUT2D eigenvalue weighted by Crippen LogP contribution is 2.26. The van der Waals surface area contributed by atoms with Crippen molar-refractivity contribution in [2.75, 3.05) is 19.6 Å². The standard InChI is InChI=1S/C12H16N4O2S/c1-12(2)9-14-6-7-16(12)19(17,18)11-4-3-5-15-10(11)8-13/h3-5,14H,6-7,9H2,1-2H3. The van der Waals surface area contributed by atoms with Gasteiger partial charge in [-0.25, -0.2) is 13.4 Å². The number of rotatable bonds is 2. The number of pyridine rings is 1. The second kappa shape index (κ2) is 4.89. The summed E-state index contributed by atoms with van der Waals surface area (Å²) in [4.78, 5) is 3.80. The lowest BCUT2D eigenvalue weighted by molar-refractivity contribution is 0.186. The van der Waals surface area contributed by atoms with E-state index >= 15 is 0 Å². The number of hydrogen-bond donors (Lipinski definition) is 1. The monoisotopic (exact) mass is 280 g/mol. The van der Waals surface area contributed by atoms with Crippen LogP contribution < -0.4 is 5.32 Å². The molecular formula is C12H16N4O2S. The maximum absolute atomic E-state index is 12.7. The number of nitrogens with zero attached hydrogens (tertiary/aromatic N) is 3. The summed E-state index contributed by atoms with van der Waals surface area (Å²) in [6.07, 6.45) is 1.42. The van der Waals surface area contributed by atoms with Crippen molar-refractivity contribution >= 4 is 10.0 Å². The van der Waals surface area contributed by atoms with Crippen molar-refractivity contribution in [3.63, 3.8) is 0 Å². The molecule has 7 heteroatoms. The molecule has 1 fully saturated rings. The van der Waals surface area contributed by atoms with E-state index in [9.17, 15) is 8.42 Å². The number of piperazine rings is 1. The fourth-order valence-electron chi connectivity index (χ4n) is 2.21. The molecule has 0 aromatic carbocycles. The minimum atomic E-state index is -3.70. The van der Waals surface area contributed by atoms with Crippen LogP contribution in [0.4, 0.5) is 0 Å². The molecule has 1 aromatic heterocycles. The van der Waals surface area contributed by atoms with Gasteiger partial charge in [-0.15, -0.1) is 0 Å². The summed E-state index contributed by atoms with van der Waals surface area (Å²) in [5, 5.41) is 12.2. The zero-order valence-corrected chi connectivity index (χ0v) is 11.7. The van der Waals surface area contributed by atoms with Crippen molar-refractivity contribution in [2.24, 2.45) is 0 Å². The molecule has 6 nitrogen and oxygen atoms in total. The van der Waals surface area contributed by atoms with Crippen LogP contribution >= 0.6 is 0 Å². The summed E-state index contributed by atoms with van der Waals surface area (Å²) in [5.41, 5.74) is -0.587. The Kier molecular flexibility index (Phi) is 3.58. The van der Waals surface area contributed by atoms with Crippen LogP contribution in [0.15, 0.2) is 23.2 Å². The van der Waals surface area contributed by atoms with E-state index in [0.29, 0.717) is 19.6 Å². The molecule has 1 aromatic rings. The van der Waals surface area contributed by atoms with Crippen LogP contribution in [-0.2, 0) is 10.0 Å². The first kappa shape index (κ1) is 13.9. The van der Waals surface area contributed by atoms with E-state index in [1.807, 2.05) is 19.9 Å². The van der Waals surface area contributed by atoms with E-state index in [4.69, 9.17) is 5.26 Å². The zero-order chi connectivity index (χ0) is 14.1. The largest absolute Gasteiger partial charge is 0.314 e. The highest BCUT2D eigenvalue weighted by Gasteiger charge is 2.40. The molecule has 102 valence electrons. The Labute approximate surface area is 113 Å². The molecule has 0 amide bonds. The maximum Gasteiger partial charge on any atom is 0.246 e. The van der Waals surface area contributed by atoms with E-state index in [1.165, 1.54) is 22.6 Å². The lowest BCUT2D eigenvalue weighted by Gasteiger charge is -2.41. The molecule has 2 rings (SSSR count). The van der Waals surface area contributed by atoms with E-state index in [-0.39, 0.29) is 10.6 Å². The van der Waals surface area contributed by atoms with Gasteiger partial charge in [0.05, 0.1) is 0 Å². The normalized spacial score (nSPS) is 19.8. The molecule has 1 N–H and O–H groups in total. The minimum Gasteiger partial charge on any atom is -0.314 e. The first-order valence-electron chi connectivity index (χ1n) is 5.98. The number of sulfonamides is 1. The van der Waals surface area contributed by atoms with Crippen molar-refractivity contribution in [1.82, 2.24) is 14.6 Å². The van der Waals surface area contributed by atoms with Crippen LogP contribution in [0.25, 0.3) is 0 Å². The Morgan fingerprint density at radius 3 is 2.89 bits per heavy atom. The summed E-state index contributed by atoms with van der Waals surface area (Å²) in [6.45, 7) is 5.28. The van der Waals surface area contributed by atoms with Crippen LogP contribution in [0, 0.1) is 11.3 Å². The Hall–Kier alpha value is -1.49. The van der Waals surface area contributed by atoms with Gasteiger partial charge in [-0.05, 0) is 26.0 Å². The highest BCUT2D eigenvalue weighted by atomic mass is 32.2. The smallest absolute Gasteiger partial charge is 0.246 e. The highest BCUT2D eigenvalue weighted by molar-refractivity contribution is 7.89. The molecule has 1 aliphatic rings. The van der Waals surface area contributed by atoms with Gasteiger partial charge in [0.2, 0.25) is 10.0 Å². The summed E-state index contributed by atoms with van der Waals surface area (Å²) >= 11 is 0.